The molecule has 40 heavy (non-hydrogen) atoms. The van der Waals surface area contributed by atoms with Gasteiger partial charge in [0.15, 0.2) is 0 Å². The zero-order valence-electron chi connectivity index (χ0n) is 23.8. The van der Waals surface area contributed by atoms with Crippen LogP contribution in [0.25, 0.3) is 0 Å². The Bertz CT molecular complexity index is 1110. The third-order valence-electron chi connectivity index (χ3n) is 7.18. The molecular formula is C30H43FN4O4S. The number of hydrogen-bond acceptors (Lipinski definition) is 7. The van der Waals surface area contributed by atoms with Crippen LogP contribution in [-0.4, -0.2) is 77.2 Å². The second-order valence-corrected chi connectivity index (χ2v) is 11.3. The highest BCUT2D eigenvalue weighted by Crippen LogP contribution is 2.20. The molecule has 2 aromatic rings. The average molecular weight is 575 g/mol. The van der Waals surface area contributed by atoms with Crippen molar-refractivity contribution in [1.82, 2.24) is 20.5 Å². The summed E-state index contributed by atoms with van der Waals surface area (Å²) in [7, 11) is 1.67. The fraction of sp³-hybridized carbons (Fsp3) is 0.567. The van der Waals surface area contributed by atoms with Crippen LogP contribution in [-0.2, 0) is 29.0 Å². The number of halogens is 1. The van der Waals surface area contributed by atoms with Crippen molar-refractivity contribution >= 4 is 23.6 Å². The van der Waals surface area contributed by atoms with E-state index in [2.05, 4.69) is 28.6 Å². The SMILES string of the molecule is CCc1cncc(CNC[C@@H](O)[C@@H]2Cc3cc(F)cc(c3)OCCCCCC(=O)N(C)[C@@H](CCSC)C(=O)N2)c1. The van der Waals surface area contributed by atoms with Gasteiger partial charge in [-0.3, -0.25) is 14.6 Å². The van der Waals surface area contributed by atoms with Crippen LogP contribution in [0.2, 0.25) is 0 Å². The summed E-state index contributed by atoms with van der Waals surface area (Å²) in [6.07, 6.45) is 8.73. The lowest BCUT2D eigenvalue weighted by Gasteiger charge is -2.31. The normalized spacial score (nSPS) is 20.1. The second kappa shape index (κ2) is 16.5. The van der Waals surface area contributed by atoms with Gasteiger partial charge in [0.2, 0.25) is 11.8 Å². The van der Waals surface area contributed by atoms with Gasteiger partial charge in [-0.25, -0.2) is 4.39 Å². The summed E-state index contributed by atoms with van der Waals surface area (Å²) in [5, 5.41) is 17.5. The molecule has 3 rings (SSSR count). The number of nitrogens with zero attached hydrogens (tertiary/aromatic N) is 2. The minimum Gasteiger partial charge on any atom is -0.493 e. The molecule has 0 aliphatic carbocycles. The first-order valence-corrected chi connectivity index (χ1v) is 15.5. The number of rotatable bonds is 9. The number of nitrogens with one attached hydrogen (secondary N) is 2. The van der Waals surface area contributed by atoms with Crippen molar-refractivity contribution in [2.45, 2.75) is 76.6 Å². The van der Waals surface area contributed by atoms with Crippen LogP contribution < -0.4 is 15.4 Å². The van der Waals surface area contributed by atoms with Gasteiger partial charge in [-0.2, -0.15) is 11.8 Å². The summed E-state index contributed by atoms with van der Waals surface area (Å²) >= 11 is 1.61. The van der Waals surface area contributed by atoms with Gasteiger partial charge in [-0.1, -0.05) is 13.0 Å². The minimum absolute atomic E-state index is 0.0803. The molecule has 220 valence electrons. The Labute approximate surface area is 241 Å². The van der Waals surface area contributed by atoms with Crippen molar-refractivity contribution in [3.63, 3.8) is 0 Å². The molecule has 0 spiro atoms. The first-order chi connectivity index (χ1) is 19.3. The minimum atomic E-state index is -0.972. The van der Waals surface area contributed by atoms with Gasteiger partial charge >= 0.3 is 0 Å². The monoisotopic (exact) mass is 574 g/mol. The molecule has 3 atom stereocenters. The second-order valence-electron chi connectivity index (χ2n) is 10.3. The van der Waals surface area contributed by atoms with E-state index in [-0.39, 0.29) is 24.8 Å². The molecule has 1 aliphatic heterocycles. The molecule has 3 N–H and O–H groups in total. The molecule has 2 amide bonds. The Balaban J connectivity index is 1.82. The summed E-state index contributed by atoms with van der Waals surface area (Å²) in [5.41, 5.74) is 2.73. The van der Waals surface area contributed by atoms with Crippen molar-refractivity contribution in [3.05, 3.63) is 59.2 Å². The van der Waals surface area contributed by atoms with E-state index in [1.807, 2.05) is 12.5 Å². The number of carbonyl (C=O) groups is 2. The lowest BCUT2D eigenvalue weighted by molar-refractivity contribution is -0.139. The smallest absolute Gasteiger partial charge is 0.243 e. The number of ether oxygens (including phenoxy) is 1. The molecule has 0 radical (unpaired) electrons. The molecule has 0 saturated carbocycles. The molecule has 1 aromatic carbocycles. The Hall–Kier alpha value is -2.69. The molecule has 10 heteroatoms. The molecule has 8 nitrogen and oxygen atoms in total. The maximum Gasteiger partial charge on any atom is 0.243 e. The van der Waals surface area contributed by atoms with E-state index >= 15 is 0 Å². The van der Waals surface area contributed by atoms with Gasteiger partial charge < -0.3 is 25.4 Å². The van der Waals surface area contributed by atoms with Crippen molar-refractivity contribution < 1.29 is 23.8 Å². The van der Waals surface area contributed by atoms with E-state index in [1.54, 1.807) is 31.1 Å². The molecule has 0 fully saturated rings. The summed E-state index contributed by atoms with van der Waals surface area (Å²) in [5.74, 6) is 0.284. The molecule has 0 saturated heterocycles. The summed E-state index contributed by atoms with van der Waals surface area (Å²) in [6, 6.07) is 5.19. The number of carbonyl (C=O) groups excluding carboxylic acids is 2. The largest absolute Gasteiger partial charge is 0.493 e. The number of pyridine rings is 1. The highest BCUT2D eigenvalue weighted by molar-refractivity contribution is 7.98. The fourth-order valence-corrected chi connectivity index (χ4v) is 5.26. The standard InChI is InChI=1S/C30H43FN4O4S/c1-4-21-12-23(18-32-17-21)19-33-20-28(36)26-15-22-13-24(31)16-25(14-22)39-10-7-5-6-8-29(37)35(2)27(9-11-40-3)30(38)34-26/h12-14,16-18,26-28,33,36H,4-11,15,19-20H2,1-3H3,(H,34,38)/t26-,27-,28+/m0/s1. The van der Waals surface area contributed by atoms with E-state index < -0.39 is 24.0 Å². The van der Waals surface area contributed by atoms with Gasteiger partial charge in [-0.15, -0.1) is 0 Å². The van der Waals surface area contributed by atoms with Crippen molar-refractivity contribution in [3.8, 4) is 5.75 Å². The highest BCUT2D eigenvalue weighted by Gasteiger charge is 2.30. The lowest BCUT2D eigenvalue weighted by atomic mass is 9.99. The Morgan fingerprint density at radius 2 is 2.00 bits per heavy atom. The summed E-state index contributed by atoms with van der Waals surface area (Å²) in [6.45, 7) is 3.19. The van der Waals surface area contributed by atoms with Gasteiger partial charge in [0, 0.05) is 45.0 Å². The Kier molecular flexibility index (Phi) is 13.2. The quantitative estimate of drug-likeness (QED) is 0.421. The van der Waals surface area contributed by atoms with Crippen molar-refractivity contribution in [2.75, 3.05) is 32.2 Å². The number of amides is 2. The van der Waals surface area contributed by atoms with Crippen molar-refractivity contribution in [1.29, 1.82) is 0 Å². The fourth-order valence-electron chi connectivity index (χ4n) is 4.80. The number of aliphatic hydroxyl groups is 1. The van der Waals surface area contributed by atoms with Gasteiger partial charge in [0.05, 0.1) is 18.8 Å². The van der Waals surface area contributed by atoms with Gasteiger partial charge in [0.25, 0.3) is 0 Å². The van der Waals surface area contributed by atoms with Crippen LogP contribution >= 0.6 is 11.8 Å². The first-order valence-electron chi connectivity index (χ1n) is 14.1. The summed E-state index contributed by atoms with van der Waals surface area (Å²) < 4.78 is 20.3. The number of aromatic nitrogens is 1. The zero-order chi connectivity index (χ0) is 28.9. The Morgan fingerprint density at radius 3 is 2.77 bits per heavy atom. The molecule has 2 bridgehead atoms. The predicted molar refractivity (Wildman–Crippen MR) is 157 cm³/mol. The first kappa shape index (κ1) is 31.8. The van der Waals surface area contributed by atoms with E-state index in [0.717, 1.165) is 30.4 Å². The predicted octanol–water partition coefficient (Wildman–Crippen LogP) is 3.49. The number of fused-ring (bicyclic) bond motifs is 2. The topological polar surface area (TPSA) is 104 Å². The number of aryl methyl sites for hydroxylation is 1. The number of thioether (sulfide) groups is 1. The zero-order valence-corrected chi connectivity index (χ0v) is 24.6. The molecule has 1 aliphatic rings. The molecule has 2 heterocycles. The number of hydrogen-bond donors (Lipinski definition) is 3. The van der Waals surface area contributed by atoms with E-state index in [0.29, 0.717) is 49.5 Å². The van der Waals surface area contributed by atoms with Gasteiger partial charge in [0.1, 0.15) is 17.6 Å². The maximum absolute atomic E-state index is 14.5. The van der Waals surface area contributed by atoms with Crippen LogP contribution in [0.15, 0.2) is 36.7 Å². The number of aliphatic hydroxyl groups excluding tert-OH is 1. The van der Waals surface area contributed by atoms with Crippen LogP contribution in [0.5, 0.6) is 5.75 Å². The molecule has 1 aromatic heterocycles. The highest BCUT2D eigenvalue weighted by atomic mass is 32.2. The maximum atomic E-state index is 14.5. The van der Waals surface area contributed by atoms with Crippen LogP contribution in [0.3, 0.4) is 0 Å². The lowest BCUT2D eigenvalue weighted by Crippen LogP contribution is -2.55. The third-order valence-corrected chi connectivity index (χ3v) is 7.83. The van der Waals surface area contributed by atoms with Crippen molar-refractivity contribution in [2.24, 2.45) is 0 Å². The van der Waals surface area contributed by atoms with E-state index in [1.165, 1.54) is 17.0 Å². The number of benzene rings is 1. The Morgan fingerprint density at radius 1 is 1.20 bits per heavy atom. The van der Waals surface area contributed by atoms with Crippen LogP contribution in [0, 0.1) is 5.82 Å². The van der Waals surface area contributed by atoms with E-state index in [4.69, 9.17) is 4.74 Å². The molecule has 0 unspecified atom stereocenters. The van der Waals surface area contributed by atoms with Crippen LogP contribution in [0.4, 0.5) is 4.39 Å². The molecular weight excluding hydrogens is 531 g/mol. The third kappa shape index (κ3) is 10.1. The van der Waals surface area contributed by atoms with Crippen LogP contribution in [0.1, 0.15) is 55.7 Å². The summed E-state index contributed by atoms with van der Waals surface area (Å²) in [4.78, 5) is 32.3. The van der Waals surface area contributed by atoms with E-state index in [9.17, 15) is 19.1 Å². The average Bonchev–Trinajstić information content (AvgIpc) is 2.93. The number of likely N-dealkylation sites (N-methyl/N-ethyl adjacent to an activating group) is 1. The van der Waals surface area contributed by atoms with Gasteiger partial charge in [-0.05, 0) is 79.4 Å².